The van der Waals surface area contributed by atoms with Gasteiger partial charge in [-0.15, -0.1) is 0 Å². The molecule has 1 aromatic rings. The number of hydrogen-bond acceptors (Lipinski definition) is 5. The molecule has 4 aliphatic carbocycles. The molecule has 1 aromatic carbocycles. The second kappa shape index (κ2) is 6.76. The molecule has 0 aliphatic heterocycles. The standard InChI is InChI=1S/C21H28O5/c1-3-25-12-26-20-18(23)16(11-22)7-17(19(20)24-2)21-8-13-4-14(9-21)6-15(5-13)10-21/h7,11,13-15,23H,3-6,8-10,12H2,1-2H3. The van der Waals surface area contributed by atoms with Gasteiger partial charge >= 0.3 is 0 Å². The Hall–Kier alpha value is -1.75. The maximum atomic E-state index is 11.6. The maximum absolute atomic E-state index is 11.6. The summed E-state index contributed by atoms with van der Waals surface area (Å²) in [5.74, 6) is 2.95. The minimum absolute atomic E-state index is 0.0169. The topological polar surface area (TPSA) is 65.0 Å². The van der Waals surface area contributed by atoms with E-state index in [-0.39, 0.29) is 29.3 Å². The summed E-state index contributed by atoms with van der Waals surface area (Å²) >= 11 is 0. The third-order valence-corrected chi connectivity index (χ3v) is 6.67. The average molecular weight is 360 g/mol. The highest BCUT2D eigenvalue weighted by molar-refractivity contribution is 5.83. The molecule has 142 valence electrons. The van der Waals surface area contributed by atoms with E-state index < -0.39 is 0 Å². The fourth-order valence-corrected chi connectivity index (χ4v) is 6.10. The van der Waals surface area contributed by atoms with Crippen molar-refractivity contribution in [3.63, 3.8) is 0 Å². The summed E-state index contributed by atoms with van der Waals surface area (Å²) in [4.78, 5) is 11.6. The van der Waals surface area contributed by atoms with Crippen LogP contribution in [0.15, 0.2) is 6.07 Å². The number of phenolic OH excluding ortho intramolecular Hbond substituents is 1. The molecule has 0 heterocycles. The molecule has 5 rings (SSSR count). The zero-order valence-electron chi connectivity index (χ0n) is 15.6. The lowest BCUT2D eigenvalue weighted by atomic mass is 9.48. The van der Waals surface area contributed by atoms with Gasteiger partial charge in [0.1, 0.15) is 0 Å². The number of benzene rings is 1. The number of methoxy groups -OCH3 is 1. The van der Waals surface area contributed by atoms with Crippen molar-refractivity contribution in [1.29, 1.82) is 0 Å². The molecule has 0 amide bonds. The highest BCUT2D eigenvalue weighted by Crippen LogP contribution is 2.63. The van der Waals surface area contributed by atoms with Crippen molar-refractivity contribution in [3.05, 3.63) is 17.2 Å². The van der Waals surface area contributed by atoms with Crippen LogP contribution in [0, 0.1) is 17.8 Å². The number of carbonyl (C=O) groups is 1. The Morgan fingerprint density at radius 3 is 2.27 bits per heavy atom. The lowest BCUT2D eigenvalue weighted by Gasteiger charge is -2.57. The molecule has 4 saturated carbocycles. The van der Waals surface area contributed by atoms with E-state index in [9.17, 15) is 9.90 Å². The number of hydrogen-bond donors (Lipinski definition) is 1. The number of ether oxygens (including phenoxy) is 3. The Morgan fingerprint density at radius 1 is 1.15 bits per heavy atom. The zero-order chi connectivity index (χ0) is 18.3. The summed E-state index contributed by atoms with van der Waals surface area (Å²) in [5, 5.41) is 10.5. The summed E-state index contributed by atoms with van der Waals surface area (Å²) < 4.78 is 16.7. The Labute approximate surface area is 154 Å². The monoisotopic (exact) mass is 360 g/mol. The van der Waals surface area contributed by atoms with Crippen LogP contribution in [0.1, 0.15) is 61.4 Å². The molecule has 4 fully saturated rings. The zero-order valence-corrected chi connectivity index (χ0v) is 15.6. The van der Waals surface area contributed by atoms with Gasteiger partial charge < -0.3 is 19.3 Å². The predicted octanol–water partition coefficient (Wildman–Crippen LogP) is 4.05. The van der Waals surface area contributed by atoms with Crippen LogP contribution >= 0.6 is 0 Å². The van der Waals surface area contributed by atoms with Crippen LogP contribution in [0.25, 0.3) is 0 Å². The second-order valence-corrected chi connectivity index (χ2v) is 8.30. The number of aldehydes is 1. The number of aromatic hydroxyl groups is 1. The van der Waals surface area contributed by atoms with Crippen molar-refractivity contribution in [2.45, 2.75) is 50.9 Å². The van der Waals surface area contributed by atoms with Crippen LogP contribution < -0.4 is 9.47 Å². The van der Waals surface area contributed by atoms with Gasteiger partial charge in [-0.25, -0.2) is 0 Å². The first-order valence-corrected chi connectivity index (χ1v) is 9.70. The minimum atomic E-state index is -0.162. The Balaban J connectivity index is 1.80. The van der Waals surface area contributed by atoms with Crippen LogP contribution in [0.5, 0.6) is 17.2 Å². The van der Waals surface area contributed by atoms with Crippen molar-refractivity contribution in [2.75, 3.05) is 20.5 Å². The van der Waals surface area contributed by atoms with E-state index in [0.29, 0.717) is 18.6 Å². The van der Waals surface area contributed by atoms with Crippen molar-refractivity contribution >= 4 is 6.29 Å². The molecule has 4 bridgehead atoms. The molecule has 0 radical (unpaired) electrons. The number of carbonyl (C=O) groups excluding carboxylic acids is 1. The fourth-order valence-electron chi connectivity index (χ4n) is 6.10. The van der Waals surface area contributed by atoms with E-state index in [1.54, 1.807) is 7.11 Å². The molecule has 0 atom stereocenters. The normalized spacial score (nSPS) is 31.8. The molecule has 4 aliphatic rings. The molecular weight excluding hydrogens is 332 g/mol. The first-order chi connectivity index (χ1) is 12.6. The summed E-state index contributed by atoms with van der Waals surface area (Å²) in [6, 6.07) is 1.84. The van der Waals surface area contributed by atoms with Crippen LogP contribution in [0.2, 0.25) is 0 Å². The Bertz CT molecular complexity index is 661. The highest BCUT2D eigenvalue weighted by Gasteiger charge is 2.53. The van der Waals surface area contributed by atoms with Crippen LogP contribution in [-0.2, 0) is 10.2 Å². The summed E-state index contributed by atoms with van der Waals surface area (Å²) in [6.07, 6.45) is 8.15. The quantitative estimate of drug-likeness (QED) is 0.451. The van der Waals surface area contributed by atoms with Gasteiger partial charge in [-0.3, -0.25) is 4.79 Å². The van der Waals surface area contributed by atoms with Crippen LogP contribution in [0.3, 0.4) is 0 Å². The largest absolute Gasteiger partial charge is 0.504 e. The molecule has 0 spiro atoms. The fraction of sp³-hybridized carbons (Fsp3) is 0.667. The van der Waals surface area contributed by atoms with E-state index in [1.807, 2.05) is 13.0 Å². The molecule has 5 nitrogen and oxygen atoms in total. The molecule has 1 N–H and O–H groups in total. The summed E-state index contributed by atoms with van der Waals surface area (Å²) in [7, 11) is 1.60. The molecule has 26 heavy (non-hydrogen) atoms. The van der Waals surface area contributed by atoms with E-state index in [0.717, 1.165) is 42.6 Å². The first-order valence-electron chi connectivity index (χ1n) is 9.70. The van der Waals surface area contributed by atoms with Crippen LogP contribution in [-0.4, -0.2) is 31.9 Å². The lowest BCUT2D eigenvalue weighted by molar-refractivity contribution is -0.00724. The van der Waals surface area contributed by atoms with E-state index in [2.05, 4.69) is 0 Å². The van der Waals surface area contributed by atoms with Gasteiger partial charge in [-0.1, -0.05) is 0 Å². The predicted molar refractivity (Wildman–Crippen MR) is 97.0 cm³/mol. The molecule has 5 heteroatoms. The number of rotatable bonds is 7. The molecule has 0 unspecified atom stereocenters. The third-order valence-electron chi connectivity index (χ3n) is 6.67. The second-order valence-electron chi connectivity index (χ2n) is 8.30. The summed E-state index contributed by atoms with van der Waals surface area (Å²) in [6.45, 7) is 2.41. The Kier molecular flexibility index (Phi) is 4.59. The average Bonchev–Trinajstić information content (AvgIpc) is 2.61. The maximum Gasteiger partial charge on any atom is 0.206 e. The molecule has 0 saturated heterocycles. The van der Waals surface area contributed by atoms with Crippen molar-refractivity contribution in [2.24, 2.45) is 17.8 Å². The van der Waals surface area contributed by atoms with Gasteiger partial charge in [0.05, 0.1) is 12.7 Å². The first kappa shape index (κ1) is 17.7. The lowest BCUT2D eigenvalue weighted by Crippen LogP contribution is -2.48. The van der Waals surface area contributed by atoms with E-state index in [1.165, 1.54) is 19.3 Å². The van der Waals surface area contributed by atoms with Gasteiger partial charge in [-0.2, -0.15) is 0 Å². The van der Waals surface area contributed by atoms with Gasteiger partial charge in [0.2, 0.25) is 5.75 Å². The highest BCUT2D eigenvalue weighted by atomic mass is 16.7. The van der Waals surface area contributed by atoms with Crippen molar-refractivity contribution in [1.82, 2.24) is 0 Å². The minimum Gasteiger partial charge on any atom is -0.504 e. The van der Waals surface area contributed by atoms with Gasteiger partial charge in [-0.05, 0) is 74.7 Å². The van der Waals surface area contributed by atoms with Crippen molar-refractivity contribution < 1.29 is 24.1 Å². The van der Waals surface area contributed by atoms with Gasteiger partial charge in [0.15, 0.2) is 24.6 Å². The van der Waals surface area contributed by atoms with Crippen LogP contribution in [0.4, 0.5) is 0 Å². The van der Waals surface area contributed by atoms with E-state index >= 15 is 0 Å². The molecular formula is C21H28O5. The van der Waals surface area contributed by atoms with Gasteiger partial charge in [0.25, 0.3) is 0 Å². The van der Waals surface area contributed by atoms with Gasteiger partial charge in [0, 0.05) is 12.2 Å². The number of phenols is 1. The SMILES string of the molecule is CCOCOc1c(O)c(C=O)cc(C23CC4CC(CC(C4)C2)C3)c1OC. The molecule has 0 aromatic heterocycles. The van der Waals surface area contributed by atoms with E-state index in [4.69, 9.17) is 14.2 Å². The van der Waals surface area contributed by atoms with Crippen molar-refractivity contribution in [3.8, 4) is 17.2 Å². The smallest absolute Gasteiger partial charge is 0.206 e. The third kappa shape index (κ3) is 2.77. The Morgan fingerprint density at radius 2 is 1.77 bits per heavy atom. The summed E-state index contributed by atoms with van der Waals surface area (Å²) in [5.41, 5.74) is 1.34.